The Hall–Kier alpha value is -1.77. The molecule has 0 spiro atoms. The van der Waals surface area contributed by atoms with Gasteiger partial charge in [0, 0.05) is 5.92 Å². The van der Waals surface area contributed by atoms with Gasteiger partial charge < -0.3 is 10.1 Å². The van der Waals surface area contributed by atoms with E-state index in [0.29, 0.717) is 6.61 Å². The lowest BCUT2D eigenvalue weighted by Gasteiger charge is -2.18. The molecule has 1 amide bonds. The number of ether oxygens (including phenoxy) is 1. The van der Waals surface area contributed by atoms with Gasteiger partial charge in [-0.1, -0.05) is 36.4 Å². The van der Waals surface area contributed by atoms with Crippen molar-refractivity contribution in [2.24, 2.45) is 0 Å². The van der Waals surface area contributed by atoms with E-state index in [1.165, 1.54) is 0 Å². The first-order chi connectivity index (χ1) is 7.31. The molecular formula is C12H13NO2. The lowest BCUT2D eigenvalue weighted by Crippen LogP contribution is -2.31. The van der Waals surface area contributed by atoms with Gasteiger partial charge in [-0.15, -0.1) is 6.58 Å². The molecule has 0 saturated carbocycles. The summed E-state index contributed by atoms with van der Waals surface area (Å²) in [6.07, 6.45) is 1.50. The lowest BCUT2D eigenvalue weighted by atomic mass is 9.92. The molecule has 1 fully saturated rings. The number of nitrogens with one attached hydrogen (secondary N) is 1. The van der Waals surface area contributed by atoms with Crippen molar-refractivity contribution in [1.29, 1.82) is 0 Å². The molecular weight excluding hydrogens is 190 g/mol. The van der Waals surface area contributed by atoms with Gasteiger partial charge in [0.25, 0.3) is 0 Å². The predicted octanol–water partition coefficient (Wildman–Crippen LogP) is 2.06. The normalized spacial score (nSPS) is 21.6. The maximum Gasteiger partial charge on any atom is 0.407 e. The fourth-order valence-electron chi connectivity index (χ4n) is 1.80. The Balaban J connectivity index is 2.18. The van der Waals surface area contributed by atoms with Crippen molar-refractivity contribution in [1.82, 2.24) is 5.32 Å². The highest BCUT2D eigenvalue weighted by Gasteiger charge is 2.29. The van der Waals surface area contributed by atoms with Gasteiger partial charge in [-0.2, -0.15) is 0 Å². The van der Waals surface area contributed by atoms with Crippen LogP contribution >= 0.6 is 0 Å². The minimum absolute atomic E-state index is 0.00241. The van der Waals surface area contributed by atoms with Gasteiger partial charge in [-0.25, -0.2) is 4.79 Å². The van der Waals surface area contributed by atoms with E-state index in [2.05, 4.69) is 11.9 Å². The monoisotopic (exact) mass is 203 g/mol. The standard InChI is InChI=1S/C12H13NO2/c1-2-10(9-6-4-3-5-7-9)11-8-15-12(14)13-11/h2-7,10-11H,1,8H2,(H,13,14). The van der Waals surface area contributed by atoms with Crippen LogP contribution in [0.3, 0.4) is 0 Å². The Morgan fingerprint density at radius 3 is 2.73 bits per heavy atom. The molecule has 0 radical (unpaired) electrons. The number of carbonyl (C=O) groups is 1. The van der Waals surface area contributed by atoms with Crippen molar-refractivity contribution in [2.75, 3.05) is 6.61 Å². The average molecular weight is 203 g/mol. The number of amides is 1. The topological polar surface area (TPSA) is 38.3 Å². The van der Waals surface area contributed by atoms with Crippen molar-refractivity contribution in [3.63, 3.8) is 0 Å². The zero-order valence-corrected chi connectivity index (χ0v) is 8.35. The SMILES string of the molecule is C=CC(c1ccccc1)C1COC(=O)N1. The first-order valence-electron chi connectivity index (χ1n) is 4.92. The van der Waals surface area contributed by atoms with E-state index >= 15 is 0 Å². The summed E-state index contributed by atoms with van der Waals surface area (Å²) >= 11 is 0. The zero-order chi connectivity index (χ0) is 10.7. The molecule has 0 bridgehead atoms. The number of rotatable bonds is 3. The van der Waals surface area contributed by atoms with Gasteiger partial charge in [0.05, 0.1) is 6.04 Å². The summed E-state index contributed by atoms with van der Waals surface area (Å²) < 4.78 is 4.87. The molecule has 1 aromatic carbocycles. The molecule has 0 aliphatic carbocycles. The smallest absolute Gasteiger partial charge is 0.407 e. The minimum atomic E-state index is -0.345. The summed E-state index contributed by atoms with van der Waals surface area (Å²) in [7, 11) is 0. The summed E-state index contributed by atoms with van der Waals surface area (Å²) in [4.78, 5) is 10.9. The highest BCUT2D eigenvalue weighted by molar-refractivity contribution is 5.70. The largest absolute Gasteiger partial charge is 0.447 e. The molecule has 2 rings (SSSR count). The van der Waals surface area contributed by atoms with Crippen LogP contribution in [-0.4, -0.2) is 18.7 Å². The Labute approximate surface area is 88.8 Å². The lowest BCUT2D eigenvalue weighted by molar-refractivity contribution is 0.176. The third kappa shape index (κ3) is 2.01. The van der Waals surface area contributed by atoms with Crippen LogP contribution in [0.4, 0.5) is 4.79 Å². The Bertz CT molecular complexity index is 361. The number of hydrogen-bond donors (Lipinski definition) is 1. The van der Waals surface area contributed by atoms with E-state index in [9.17, 15) is 4.79 Å². The Morgan fingerprint density at radius 2 is 2.20 bits per heavy atom. The van der Waals surface area contributed by atoms with Gasteiger partial charge in [-0.3, -0.25) is 0 Å². The van der Waals surface area contributed by atoms with Crippen LogP contribution in [-0.2, 0) is 4.74 Å². The van der Waals surface area contributed by atoms with Gasteiger partial charge in [0.1, 0.15) is 6.61 Å². The van der Waals surface area contributed by atoms with Gasteiger partial charge in [-0.05, 0) is 5.56 Å². The molecule has 1 saturated heterocycles. The first-order valence-corrected chi connectivity index (χ1v) is 4.92. The van der Waals surface area contributed by atoms with Crippen molar-refractivity contribution >= 4 is 6.09 Å². The zero-order valence-electron chi connectivity index (χ0n) is 8.35. The molecule has 1 aromatic rings. The second-order valence-electron chi connectivity index (χ2n) is 3.52. The van der Waals surface area contributed by atoms with Gasteiger partial charge in [0.2, 0.25) is 0 Å². The maximum absolute atomic E-state index is 10.9. The summed E-state index contributed by atoms with van der Waals surface area (Å²) in [5, 5.41) is 2.77. The molecule has 3 nitrogen and oxygen atoms in total. The van der Waals surface area contributed by atoms with Crippen LogP contribution in [0.15, 0.2) is 43.0 Å². The Morgan fingerprint density at radius 1 is 1.47 bits per heavy atom. The molecule has 0 aromatic heterocycles. The number of carbonyl (C=O) groups excluding carboxylic acids is 1. The molecule has 1 heterocycles. The third-order valence-electron chi connectivity index (χ3n) is 2.57. The maximum atomic E-state index is 10.9. The summed E-state index contributed by atoms with van der Waals surface area (Å²) in [6.45, 7) is 4.21. The minimum Gasteiger partial charge on any atom is -0.447 e. The van der Waals surface area contributed by atoms with E-state index in [-0.39, 0.29) is 18.1 Å². The first kappa shape index (κ1) is 9.77. The summed E-state index contributed by atoms with van der Waals surface area (Å²) in [5.74, 6) is 0.109. The summed E-state index contributed by atoms with van der Waals surface area (Å²) in [6, 6.07) is 9.96. The van der Waals surface area contributed by atoms with E-state index in [0.717, 1.165) is 5.56 Å². The average Bonchev–Trinajstić information content (AvgIpc) is 2.68. The molecule has 2 atom stereocenters. The summed E-state index contributed by atoms with van der Waals surface area (Å²) in [5.41, 5.74) is 1.14. The van der Waals surface area contributed by atoms with Gasteiger partial charge in [0.15, 0.2) is 0 Å². The fourth-order valence-corrected chi connectivity index (χ4v) is 1.80. The van der Waals surface area contributed by atoms with Crippen molar-refractivity contribution in [3.8, 4) is 0 Å². The molecule has 1 aliphatic rings. The van der Waals surface area contributed by atoms with Crippen LogP contribution in [0.2, 0.25) is 0 Å². The number of cyclic esters (lactones) is 1. The van der Waals surface area contributed by atoms with E-state index in [1.807, 2.05) is 36.4 Å². The molecule has 1 N–H and O–H groups in total. The second-order valence-corrected chi connectivity index (χ2v) is 3.52. The third-order valence-corrected chi connectivity index (χ3v) is 2.57. The van der Waals surface area contributed by atoms with E-state index in [1.54, 1.807) is 0 Å². The number of alkyl carbamates (subject to hydrolysis) is 1. The van der Waals surface area contributed by atoms with Crippen LogP contribution in [0, 0.1) is 0 Å². The van der Waals surface area contributed by atoms with Crippen molar-refractivity contribution in [2.45, 2.75) is 12.0 Å². The highest BCUT2D eigenvalue weighted by Crippen LogP contribution is 2.23. The van der Waals surface area contributed by atoms with Crippen molar-refractivity contribution in [3.05, 3.63) is 48.6 Å². The Kier molecular flexibility index (Phi) is 2.72. The van der Waals surface area contributed by atoms with Gasteiger partial charge >= 0.3 is 6.09 Å². The molecule has 1 aliphatic heterocycles. The fraction of sp³-hybridized carbons (Fsp3) is 0.250. The predicted molar refractivity (Wildman–Crippen MR) is 57.7 cm³/mol. The molecule has 78 valence electrons. The number of hydrogen-bond acceptors (Lipinski definition) is 2. The second kappa shape index (κ2) is 4.17. The van der Waals surface area contributed by atoms with Crippen molar-refractivity contribution < 1.29 is 9.53 Å². The van der Waals surface area contributed by atoms with Crippen LogP contribution in [0.5, 0.6) is 0 Å². The molecule has 2 unspecified atom stereocenters. The quantitative estimate of drug-likeness (QED) is 0.764. The number of benzene rings is 1. The van der Waals surface area contributed by atoms with Crippen LogP contribution in [0.25, 0.3) is 0 Å². The molecule has 15 heavy (non-hydrogen) atoms. The van der Waals surface area contributed by atoms with Crippen LogP contribution < -0.4 is 5.32 Å². The molecule has 3 heteroatoms. The highest BCUT2D eigenvalue weighted by atomic mass is 16.6. The van der Waals surface area contributed by atoms with E-state index < -0.39 is 0 Å². The van der Waals surface area contributed by atoms with E-state index in [4.69, 9.17) is 4.74 Å². The van der Waals surface area contributed by atoms with Crippen LogP contribution in [0.1, 0.15) is 11.5 Å².